The number of halogens is 4. The largest absolute Gasteiger partial charge is 0.271 e. The first-order valence-corrected chi connectivity index (χ1v) is 4.41. The summed E-state index contributed by atoms with van der Waals surface area (Å²) in [4.78, 5) is 0. The van der Waals surface area contributed by atoms with Gasteiger partial charge in [0.05, 0.1) is 0 Å². The number of alkyl halides is 2. The van der Waals surface area contributed by atoms with Crippen molar-refractivity contribution in [3.8, 4) is 0 Å². The van der Waals surface area contributed by atoms with Gasteiger partial charge in [-0.1, -0.05) is 27.5 Å². The maximum absolute atomic E-state index is 12.8. The minimum atomic E-state index is -2.89. The average molecular weight is 255 g/mol. The van der Waals surface area contributed by atoms with Gasteiger partial charge in [-0.15, -0.1) is 0 Å². The maximum atomic E-state index is 12.8. The SMILES string of the molecule is CC(F)(F)c1cc(Br)ccc1Cl. The van der Waals surface area contributed by atoms with Gasteiger partial charge in [0.1, 0.15) is 0 Å². The Hall–Kier alpha value is -0.150. The number of rotatable bonds is 1. The number of benzene rings is 1. The molecule has 66 valence electrons. The van der Waals surface area contributed by atoms with Gasteiger partial charge in [-0.25, -0.2) is 8.78 Å². The molecule has 0 atom stereocenters. The van der Waals surface area contributed by atoms with E-state index in [1.165, 1.54) is 12.1 Å². The first-order valence-electron chi connectivity index (χ1n) is 3.24. The van der Waals surface area contributed by atoms with Crippen molar-refractivity contribution < 1.29 is 8.78 Å². The molecule has 0 N–H and O–H groups in total. The summed E-state index contributed by atoms with van der Waals surface area (Å²) >= 11 is 8.68. The standard InChI is InChI=1S/C8H6BrClF2/c1-8(11,12)6-4-5(9)2-3-7(6)10/h2-4H,1H3. The van der Waals surface area contributed by atoms with Gasteiger partial charge in [0.15, 0.2) is 0 Å². The van der Waals surface area contributed by atoms with Gasteiger partial charge in [-0.2, -0.15) is 0 Å². The molecule has 0 saturated carbocycles. The molecule has 0 aliphatic carbocycles. The Morgan fingerprint density at radius 2 is 2.00 bits per heavy atom. The summed E-state index contributed by atoms with van der Waals surface area (Å²) in [5.74, 6) is -2.89. The highest BCUT2D eigenvalue weighted by molar-refractivity contribution is 9.10. The summed E-state index contributed by atoms with van der Waals surface area (Å²) in [5, 5.41) is 0.0886. The van der Waals surface area contributed by atoms with Crippen molar-refractivity contribution in [3.05, 3.63) is 33.3 Å². The van der Waals surface area contributed by atoms with Crippen LogP contribution in [-0.2, 0) is 5.92 Å². The van der Waals surface area contributed by atoms with Crippen molar-refractivity contribution in [1.29, 1.82) is 0 Å². The summed E-state index contributed by atoms with van der Waals surface area (Å²) in [6, 6.07) is 4.39. The van der Waals surface area contributed by atoms with Crippen LogP contribution in [0.4, 0.5) is 8.78 Å². The minimum Gasteiger partial charge on any atom is -0.202 e. The summed E-state index contributed by atoms with van der Waals surface area (Å²) < 4.78 is 26.2. The van der Waals surface area contributed by atoms with E-state index in [0.717, 1.165) is 6.92 Å². The molecule has 0 spiro atoms. The van der Waals surface area contributed by atoms with E-state index in [4.69, 9.17) is 11.6 Å². The third kappa shape index (κ3) is 2.17. The molecule has 0 nitrogen and oxygen atoms in total. The van der Waals surface area contributed by atoms with Crippen molar-refractivity contribution in [2.75, 3.05) is 0 Å². The monoisotopic (exact) mass is 254 g/mol. The minimum absolute atomic E-state index is 0.0886. The van der Waals surface area contributed by atoms with Crippen LogP contribution in [0.3, 0.4) is 0 Å². The van der Waals surface area contributed by atoms with Crippen LogP contribution in [0.1, 0.15) is 12.5 Å². The Morgan fingerprint density at radius 1 is 1.42 bits per heavy atom. The number of hydrogen-bond acceptors (Lipinski definition) is 0. The van der Waals surface area contributed by atoms with E-state index in [1.54, 1.807) is 6.07 Å². The Balaban J connectivity index is 3.23. The fourth-order valence-electron chi connectivity index (χ4n) is 0.834. The van der Waals surface area contributed by atoms with Crippen LogP contribution in [0.25, 0.3) is 0 Å². The van der Waals surface area contributed by atoms with Crippen LogP contribution in [0.5, 0.6) is 0 Å². The van der Waals surface area contributed by atoms with Crippen LogP contribution >= 0.6 is 27.5 Å². The average Bonchev–Trinajstić information content (AvgIpc) is 1.92. The zero-order valence-corrected chi connectivity index (χ0v) is 8.59. The molecule has 0 saturated heterocycles. The first kappa shape index (κ1) is 9.93. The highest BCUT2D eigenvalue weighted by Gasteiger charge is 2.27. The van der Waals surface area contributed by atoms with Crippen molar-refractivity contribution in [3.63, 3.8) is 0 Å². The molecular weight excluding hydrogens is 249 g/mol. The summed E-state index contributed by atoms with van der Waals surface area (Å²) in [6.07, 6.45) is 0. The topological polar surface area (TPSA) is 0 Å². The smallest absolute Gasteiger partial charge is 0.202 e. The van der Waals surface area contributed by atoms with Gasteiger partial charge in [-0.05, 0) is 18.2 Å². The third-order valence-corrected chi connectivity index (χ3v) is 2.22. The van der Waals surface area contributed by atoms with E-state index in [0.29, 0.717) is 4.47 Å². The van der Waals surface area contributed by atoms with Crippen molar-refractivity contribution in [2.24, 2.45) is 0 Å². The van der Waals surface area contributed by atoms with Gasteiger partial charge in [0, 0.05) is 22.0 Å². The van der Waals surface area contributed by atoms with Crippen LogP contribution in [0, 0.1) is 0 Å². The lowest BCUT2D eigenvalue weighted by Gasteiger charge is -2.12. The van der Waals surface area contributed by atoms with E-state index >= 15 is 0 Å². The Morgan fingerprint density at radius 3 is 2.42 bits per heavy atom. The van der Waals surface area contributed by atoms with E-state index in [2.05, 4.69) is 15.9 Å². The third-order valence-electron chi connectivity index (χ3n) is 1.40. The second-order valence-electron chi connectivity index (χ2n) is 2.51. The fourth-order valence-corrected chi connectivity index (χ4v) is 1.48. The van der Waals surface area contributed by atoms with Gasteiger partial charge < -0.3 is 0 Å². The number of hydrogen-bond donors (Lipinski definition) is 0. The summed E-state index contributed by atoms with van der Waals surface area (Å²) in [7, 11) is 0. The molecule has 0 aromatic heterocycles. The second kappa shape index (κ2) is 3.30. The van der Waals surface area contributed by atoms with Crippen LogP contribution in [-0.4, -0.2) is 0 Å². The molecule has 1 rings (SSSR count). The highest BCUT2D eigenvalue weighted by atomic mass is 79.9. The Kier molecular flexibility index (Phi) is 2.74. The molecular formula is C8H6BrClF2. The zero-order valence-electron chi connectivity index (χ0n) is 6.24. The lowest BCUT2D eigenvalue weighted by molar-refractivity contribution is 0.0175. The molecule has 0 unspecified atom stereocenters. The van der Waals surface area contributed by atoms with E-state index < -0.39 is 5.92 Å². The summed E-state index contributed by atoms with van der Waals surface area (Å²) in [5.41, 5.74) is -0.154. The Bertz CT molecular complexity index is 294. The van der Waals surface area contributed by atoms with E-state index in [9.17, 15) is 8.78 Å². The predicted molar refractivity (Wildman–Crippen MR) is 48.7 cm³/mol. The lowest BCUT2D eigenvalue weighted by atomic mass is 10.1. The lowest BCUT2D eigenvalue weighted by Crippen LogP contribution is -2.07. The molecule has 0 heterocycles. The quantitative estimate of drug-likeness (QED) is 0.705. The van der Waals surface area contributed by atoms with Gasteiger partial charge in [0.25, 0.3) is 5.92 Å². The normalized spacial score (nSPS) is 11.8. The molecule has 0 aliphatic heterocycles. The van der Waals surface area contributed by atoms with Gasteiger partial charge >= 0.3 is 0 Å². The molecule has 0 fully saturated rings. The van der Waals surface area contributed by atoms with Crippen molar-refractivity contribution in [2.45, 2.75) is 12.8 Å². The molecule has 0 aliphatic rings. The second-order valence-corrected chi connectivity index (χ2v) is 3.84. The highest BCUT2D eigenvalue weighted by Crippen LogP contribution is 2.34. The molecule has 0 amide bonds. The molecule has 0 radical (unpaired) electrons. The Labute approximate surface area is 82.7 Å². The predicted octanol–water partition coefficient (Wildman–Crippen LogP) is 4.21. The zero-order chi connectivity index (χ0) is 9.35. The van der Waals surface area contributed by atoms with Crippen LogP contribution in [0.2, 0.25) is 5.02 Å². The molecule has 1 aromatic rings. The molecule has 12 heavy (non-hydrogen) atoms. The van der Waals surface area contributed by atoms with E-state index in [-0.39, 0.29) is 10.6 Å². The van der Waals surface area contributed by atoms with Crippen molar-refractivity contribution in [1.82, 2.24) is 0 Å². The van der Waals surface area contributed by atoms with Crippen LogP contribution in [0.15, 0.2) is 22.7 Å². The van der Waals surface area contributed by atoms with Gasteiger partial charge in [-0.3, -0.25) is 0 Å². The van der Waals surface area contributed by atoms with Crippen LogP contribution < -0.4 is 0 Å². The maximum Gasteiger partial charge on any atom is 0.271 e. The van der Waals surface area contributed by atoms with Gasteiger partial charge in [0.2, 0.25) is 0 Å². The van der Waals surface area contributed by atoms with E-state index in [1.807, 2.05) is 0 Å². The fraction of sp³-hybridized carbons (Fsp3) is 0.250. The summed E-state index contributed by atoms with van der Waals surface area (Å²) in [6.45, 7) is 0.820. The first-order chi connectivity index (χ1) is 5.41. The molecule has 4 heteroatoms. The molecule has 0 bridgehead atoms. The molecule has 1 aromatic carbocycles. The van der Waals surface area contributed by atoms with Crippen molar-refractivity contribution >= 4 is 27.5 Å².